The van der Waals surface area contributed by atoms with Crippen LogP contribution < -0.4 is 0 Å². The van der Waals surface area contributed by atoms with Crippen molar-refractivity contribution in [1.29, 1.82) is 0 Å². The zero-order valence-electron chi connectivity index (χ0n) is 8.49. The number of hydrogen-bond donors (Lipinski definition) is 1. The van der Waals surface area contributed by atoms with Crippen LogP contribution in [0.15, 0.2) is 12.7 Å². The SMILES string of the molecule is C=CC1C2CC3CCC(C)(C2=O)C31O. The zero-order chi connectivity index (χ0) is 10.1. The van der Waals surface area contributed by atoms with E-state index in [2.05, 4.69) is 6.58 Å². The summed E-state index contributed by atoms with van der Waals surface area (Å²) in [5, 5.41) is 10.7. The summed E-state index contributed by atoms with van der Waals surface area (Å²) in [7, 11) is 0. The Kier molecular flexibility index (Phi) is 1.32. The molecule has 76 valence electrons. The third kappa shape index (κ3) is 0.569. The Labute approximate surface area is 84.0 Å². The van der Waals surface area contributed by atoms with E-state index >= 15 is 0 Å². The molecule has 3 rings (SSSR count). The summed E-state index contributed by atoms with van der Waals surface area (Å²) < 4.78 is 0. The van der Waals surface area contributed by atoms with Crippen LogP contribution in [-0.2, 0) is 4.79 Å². The first kappa shape index (κ1) is 8.66. The molecule has 0 aliphatic heterocycles. The van der Waals surface area contributed by atoms with E-state index in [0.717, 1.165) is 19.3 Å². The highest BCUT2D eigenvalue weighted by Gasteiger charge is 2.75. The number of hydrogen-bond acceptors (Lipinski definition) is 2. The lowest BCUT2D eigenvalue weighted by Crippen LogP contribution is -2.48. The van der Waals surface area contributed by atoms with Gasteiger partial charge < -0.3 is 5.11 Å². The Bertz CT molecular complexity index is 335. The van der Waals surface area contributed by atoms with Gasteiger partial charge in [-0.1, -0.05) is 6.08 Å². The number of carbonyl (C=O) groups is 1. The normalized spacial score (nSPS) is 59.6. The fourth-order valence-electron chi connectivity index (χ4n) is 4.37. The van der Waals surface area contributed by atoms with Crippen molar-refractivity contribution < 1.29 is 9.90 Å². The molecule has 0 radical (unpaired) electrons. The second-order valence-corrected chi connectivity index (χ2v) is 5.36. The first-order valence-electron chi connectivity index (χ1n) is 5.45. The van der Waals surface area contributed by atoms with Crippen LogP contribution >= 0.6 is 0 Å². The van der Waals surface area contributed by atoms with Crippen LogP contribution in [-0.4, -0.2) is 16.5 Å². The molecule has 14 heavy (non-hydrogen) atoms. The third-order valence-electron chi connectivity index (χ3n) is 5.11. The summed E-state index contributed by atoms with van der Waals surface area (Å²) in [6.07, 6.45) is 4.58. The van der Waals surface area contributed by atoms with Crippen LogP contribution in [0.5, 0.6) is 0 Å². The molecule has 5 atom stereocenters. The van der Waals surface area contributed by atoms with E-state index in [1.165, 1.54) is 0 Å². The summed E-state index contributed by atoms with van der Waals surface area (Å²) >= 11 is 0. The Morgan fingerprint density at radius 1 is 1.64 bits per heavy atom. The van der Waals surface area contributed by atoms with E-state index in [9.17, 15) is 9.90 Å². The van der Waals surface area contributed by atoms with Crippen molar-refractivity contribution in [3.8, 4) is 0 Å². The summed E-state index contributed by atoms with van der Waals surface area (Å²) in [6, 6.07) is 0. The predicted octanol–water partition coefficient (Wildman–Crippen LogP) is 1.54. The topological polar surface area (TPSA) is 37.3 Å². The molecule has 3 aliphatic rings. The van der Waals surface area contributed by atoms with Gasteiger partial charge in [0.25, 0.3) is 0 Å². The van der Waals surface area contributed by atoms with Gasteiger partial charge in [0.1, 0.15) is 5.78 Å². The molecule has 2 nitrogen and oxygen atoms in total. The van der Waals surface area contributed by atoms with Gasteiger partial charge in [-0.2, -0.15) is 0 Å². The Balaban J connectivity index is 2.22. The van der Waals surface area contributed by atoms with Crippen molar-refractivity contribution in [2.75, 3.05) is 0 Å². The third-order valence-corrected chi connectivity index (χ3v) is 5.11. The summed E-state index contributed by atoms with van der Waals surface area (Å²) in [6.45, 7) is 5.73. The van der Waals surface area contributed by atoms with E-state index in [1.807, 2.05) is 6.92 Å². The van der Waals surface area contributed by atoms with Crippen LogP contribution in [0.2, 0.25) is 0 Å². The fraction of sp³-hybridized carbons (Fsp3) is 0.750. The average molecular weight is 192 g/mol. The number of carbonyl (C=O) groups excluding carboxylic acids is 1. The molecule has 3 aliphatic carbocycles. The standard InChI is InChI=1S/C12H16O2/c1-3-9-8-6-7-4-5-11(2,10(8)13)12(7,9)14/h3,7-9,14H,1,4-6H2,2H3. The van der Waals surface area contributed by atoms with Crippen molar-refractivity contribution in [1.82, 2.24) is 0 Å². The Morgan fingerprint density at radius 2 is 2.36 bits per heavy atom. The van der Waals surface area contributed by atoms with Crippen LogP contribution in [0.3, 0.4) is 0 Å². The number of fused-ring (bicyclic) bond motifs is 1. The van der Waals surface area contributed by atoms with Crippen molar-refractivity contribution in [3.63, 3.8) is 0 Å². The molecule has 0 aromatic carbocycles. The molecule has 0 amide bonds. The van der Waals surface area contributed by atoms with E-state index in [-0.39, 0.29) is 11.8 Å². The molecule has 1 N–H and O–H groups in total. The minimum Gasteiger partial charge on any atom is -0.388 e. The van der Waals surface area contributed by atoms with Crippen LogP contribution in [0.4, 0.5) is 0 Å². The summed E-state index contributed by atoms with van der Waals surface area (Å²) in [5.74, 6) is 0.722. The summed E-state index contributed by atoms with van der Waals surface area (Å²) in [5.41, 5.74) is -1.21. The number of aliphatic hydroxyl groups is 1. The van der Waals surface area contributed by atoms with Gasteiger partial charge in [0, 0.05) is 11.8 Å². The minimum absolute atomic E-state index is 0.0208. The van der Waals surface area contributed by atoms with Gasteiger partial charge in [0.2, 0.25) is 0 Å². The van der Waals surface area contributed by atoms with Crippen LogP contribution in [0.25, 0.3) is 0 Å². The molecule has 3 fully saturated rings. The first-order valence-corrected chi connectivity index (χ1v) is 5.45. The number of Topliss-reactive ketones (excluding diaryl/α,β-unsaturated/α-hetero) is 1. The van der Waals surface area contributed by atoms with Gasteiger partial charge in [-0.15, -0.1) is 6.58 Å². The molecule has 0 aromatic heterocycles. The quantitative estimate of drug-likeness (QED) is 0.640. The highest BCUT2D eigenvalue weighted by Crippen LogP contribution is 2.69. The van der Waals surface area contributed by atoms with E-state index < -0.39 is 11.0 Å². The van der Waals surface area contributed by atoms with Crippen molar-refractivity contribution in [2.24, 2.45) is 23.2 Å². The van der Waals surface area contributed by atoms with Crippen LogP contribution in [0.1, 0.15) is 26.2 Å². The van der Waals surface area contributed by atoms with Crippen LogP contribution in [0, 0.1) is 23.2 Å². The maximum absolute atomic E-state index is 12.1. The van der Waals surface area contributed by atoms with Crippen molar-refractivity contribution >= 4 is 5.78 Å². The monoisotopic (exact) mass is 192 g/mol. The minimum atomic E-state index is -0.753. The zero-order valence-corrected chi connectivity index (χ0v) is 8.49. The highest BCUT2D eigenvalue weighted by atomic mass is 16.3. The second kappa shape index (κ2) is 2.13. The van der Waals surface area contributed by atoms with Gasteiger partial charge in [0.05, 0.1) is 11.0 Å². The fourth-order valence-corrected chi connectivity index (χ4v) is 4.37. The highest BCUT2D eigenvalue weighted by molar-refractivity contribution is 5.93. The van der Waals surface area contributed by atoms with E-state index in [1.54, 1.807) is 6.08 Å². The molecule has 0 spiro atoms. The lowest BCUT2D eigenvalue weighted by Gasteiger charge is -2.37. The maximum atomic E-state index is 12.1. The van der Waals surface area contributed by atoms with Gasteiger partial charge in [-0.05, 0) is 32.1 Å². The second-order valence-electron chi connectivity index (χ2n) is 5.36. The lowest BCUT2D eigenvalue weighted by molar-refractivity contribution is -0.140. The van der Waals surface area contributed by atoms with E-state index in [4.69, 9.17) is 0 Å². The maximum Gasteiger partial charge on any atom is 0.145 e. The van der Waals surface area contributed by atoms with Gasteiger partial charge in [-0.3, -0.25) is 4.79 Å². The Morgan fingerprint density at radius 3 is 2.93 bits per heavy atom. The molecule has 0 saturated heterocycles. The van der Waals surface area contributed by atoms with Crippen molar-refractivity contribution in [3.05, 3.63) is 12.7 Å². The number of ketones is 1. The Hall–Kier alpha value is -0.630. The van der Waals surface area contributed by atoms with Crippen molar-refractivity contribution in [2.45, 2.75) is 31.8 Å². The molecule has 3 saturated carbocycles. The summed E-state index contributed by atoms with van der Waals surface area (Å²) in [4.78, 5) is 12.1. The average Bonchev–Trinajstić information content (AvgIpc) is 2.58. The smallest absolute Gasteiger partial charge is 0.145 e. The predicted molar refractivity (Wildman–Crippen MR) is 52.6 cm³/mol. The van der Waals surface area contributed by atoms with E-state index in [0.29, 0.717) is 11.7 Å². The molecular formula is C12H16O2. The largest absolute Gasteiger partial charge is 0.388 e. The molecule has 2 bridgehead atoms. The lowest BCUT2D eigenvalue weighted by atomic mass is 9.71. The van der Waals surface area contributed by atoms with Gasteiger partial charge in [-0.25, -0.2) is 0 Å². The molecule has 5 unspecified atom stereocenters. The molecular weight excluding hydrogens is 176 g/mol. The molecule has 2 heteroatoms. The van der Waals surface area contributed by atoms with Gasteiger partial charge >= 0.3 is 0 Å². The number of rotatable bonds is 1. The first-order chi connectivity index (χ1) is 6.55. The molecule has 0 heterocycles. The molecule has 0 aromatic rings. The van der Waals surface area contributed by atoms with Gasteiger partial charge in [0.15, 0.2) is 0 Å².